The fraction of sp³-hybridized carbons (Fsp3) is 0.235. The van der Waals surface area contributed by atoms with E-state index in [0.717, 1.165) is 4.31 Å². The van der Waals surface area contributed by atoms with Gasteiger partial charge in [-0.05, 0) is 18.2 Å². The molecule has 0 saturated heterocycles. The lowest BCUT2D eigenvalue weighted by molar-refractivity contribution is 0.102. The molecule has 0 unspecified atom stereocenters. The van der Waals surface area contributed by atoms with Gasteiger partial charge in [0.25, 0.3) is 5.91 Å². The summed E-state index contributed by atoms with van der Waals surface area (Å²) >= 11 is 6.19. The van der Waals surface area contributed by atoms with Crippen molar-refractivity contribution >= 4 is 33.2 Å². The Balaban J connectivity index is 1.87. The van der Waals surface area contributed by atoms with Crippen LogP contribution in [0.5, 0.6) is 11.5 Å². The van der Waals surface area contributed by atoms with Crippen LogP contribution in [-0.4, -0.2) is 45.9 Å². The summed E-state index contributed by atoms with van der Waals surface area (Å²) in [6.45, 7) is 0.842. The Morgan fingerprint density at radius 2 is 1.77 bits per heavy atom. The molecule has 0 radical (unpaired) electrons. The average molecular weight is 397 g/mol. The van der Waals surface area contributed by atoms with Crippen molar-refractivity contribution in [1.82, 2.24) is 4.31 Å². The van der Waals surface area contributed by atoms with Crippen molar-refractivity contribution in [1.29, 1.82) is 0 Å². The fourth-order valence-corrected chi connectivity index (χ4v) is 3.51. The van der Waals surface area contributed by atoms with Gasteiger partial charge in [-0.2, -0.15) is 0 Å². The zero-order valence-corrected chi connectivity index (χ0v) is 15.7. The highest BCUT2D eigenvalue weighted by Crippen LogP contribution is 2.38. The van der Waals surface area contributed by atoms with Crippen molar-refractivity contribution in [2.75, 3.05) is 32.6 Å². The van der Waals surface area contributed by atoms with Crippen LogP contribution in [0.4, 0.5) is 5.69 Å². The van der Waals surface area contributed by atoms with E-state index in [9.17, 15) is 13.2 Å². The maximum Gasteiger partial charge on any atom is 0.255 e. The number of carbonyl (C=O) groups excluding carboxylic acids is 1. The van der Waals surface area contributed by atoms with E-state index < -0.39 is 15.9 Å². The molecule has 9 heteroatoms. The summed E-state index contributed by atoms with van der Waals surface area (Å²) < 4.78 is 36.4. The van der Waals surface area contributed by atoms with Gasteiger partial charge in [0.1, 0.15) is 13.2 Å². The van der Waals surface area contributed by atoms with E-state index in [2.05, 4.69) is 5.32 Å². The summed E-state index contributed by atoms with van der Waals surface area (Å²) in [4.78, 5) is 12.6. The van der Waals surface area contributed by atoms with Crippen molar-refractivity contribution in [3.63, 3.8) is 0 Å². The average Bonchev–Trinajstić information content (AvgIpc) is 2.62. The van der Waals surface area contributed by atoms with E-state index >= 15 is 0 Å². The summed E-state index contributed by atoms with van der Waals surface area (Å²) in [7, 11) is -0.780. The molecule has 0 aliphatic carbocycles. The molecule has 1 N–H and O–H groups in total. The largest absolute Gasteiger partial charge is 0.486 e. The van der Waals surface area contributed by atoms with Crippen LogP contribution in [0, 0.1) is 0 Å². The van der Waals surface area contributed by atoms with E-state index in [-0.39, 0.29) is 10.5 Å². The lowest BCUT2D eigenvalue weighted by Crippen LogP contribution is -2.23. The van der Waals surface area contributed by atoms with E-state index in [4.69, 9.17) is 21.1 Å². The molecule has 1 amide bonds. The van der Waals surface area contributed by atoms with Crippen molar-refractivity contribution in [3.05, 3.63) is 47.0 Å². The first-order chi connectivity index (χ1) is 12.3. The molecule has 2 aromatic rings. The number of rotatable bonds is 4. The minimum absolute atomic E-state index is 0.0309. The lowest BCUT2D eigenvalue weighted by Gasteiger charge is -2.20. The predicted octanol–water partition coefficient (Wildman–Crippen LogP) is 2.61. The van der Waals surface area contributed by atoms with E-state index in [1.807, 2.05) is 0 Å². The first-order valence-electron chi connectivity index (χ1n) is 7.72. The van der Waals surface area contributed by atoms with Crippen LogP contribution in [-0.2, 0) is 10.0 Å². The van der Waals surface area contributed by atoms with Crippen molar-refractivity contribution in [2.24, 2.45) is 0 Å². The number of nitrogens with zero attached hydrogens (tertiary/aromatic N) is 1. The molecule has 0 saturated carbocycles. The summed E-state index contributed by atoms with van der Waals surface area (Å²) in [5.74, 6) is 0.512. The Bertz CT molecular complexity index is 960. The van der Waals surface area contributed by atoms with Crippen molar-refractivity contribution in [2.45, 2.75) is 4.90 Å². The maximum absolute atomic E-state index is 12.5. The molecule has 1 aliphatic heterocycles. The van der Waals surface area contributed by atoms with Gasteiger partial charge in [0.2, 0.25) is 10.0 Å². The van der Waals surface area contributed by atoms with Crippen molar-refractivity contribution < 1.29 is 22.7 Å². The summed E-state index contributed by atoms with van der Waals surface area (Å²) in [6.07, 6.45) is 0. The monoisotopic (exact) mass is 396 g/mol. The third-order valence-electron chi connectivity index (χ3n) is 3.75. The molecule has 0 bridgehead atoms. The number of sulfonamides is 1. The third kappa shape index (κ3) is 3.62. The lowest BCUT2D eigenvalue weighted by atomic mass is 10.2. The highest BCUT2D eigenvalue weighted by atomic mass is 35.5. The van der Waals surface area contributed by atoms with E-state index in [1.54, 1.807) is 12.1 Å². The zero-order chi connectivity index (χ0) is 18.9. The number of anilines is 1. The second-order valence-electron chi connectivity index (χ2n) is 5.75. The molecule has 0 aromatic heterocycles. The standard InChI is InChI=1S/C17H17ClN2O5S/c1-20(2)26(22,23)12-5-3-4-11(8-12)17(21)19-14-10-16-15(9-13(14)18)24-6-7-25-16/h3-5,8-10H,6-7H2,1-2H3,(H,19,21). The molecule has 0 fully saturated rings. The SMILES string of the molecule is CN(C)S(=O)(=O)c1cccc(C(=O)Nc2cc3c(cc2Cl)OCCO3)c1. The molecule has 1 aliphatic rings. The number of ether oxygens (including phenoxy) is 2. The Labute approximate surface area is 156 Å². The second-order valence-corrected chi connectivity index (χ2v) is 8.30. The molecule has 0 atom stereocenters. The van der Waals surface area contributed by atoms with Gasteiger partial charge in [-0.25, -0.2) is 12.7 Å². The molecule has 3 rings (SSSR count). The number of carbonyl (C=O) groups is 1. The minimum Gasteiger partial charge on any atom is -0.486 e. The van der Waals surface area contributed by atoms with Gasteiger partial charge < -0.3 is 14.8 Å². The van der Waals surface area contributed by atoms with E-state index in [0.29, 0.717) is 35.4 Å². The molecular formula is C17H17ClN2O5S. The number of nitrogens with one attached hydrogen (secondary N) is 1. The molecular weight excluding hydrogens is 380 g/mol. The van der Waals surface area contributed by atoms with Gasteiger partial charge in [-0.3, -0.25) is 4.79 Å². The van der Waals surface area contributed by atoms with Crippen molar-refractivity contribution in [3.8, 4) is 11.5 Å². The summed E-state index contributed by atoms with van der Waals surface area (Å²) in [5, 5.41) is 2.96. The Hall–Kier alpha value is -2.29. The van der Waals surface area contributed by atoms with Gasteiger partial charge in [-0.1, -0.05) is 17.7 Å². The number of amides is 1. The minimum atomic E-state index is -3.64. The molecule has 26 heavy (non-hydrogen) atoms. The highest BCUT2D eigenvalue weighted by molar-refractivity contribution is 7.89. The Morgan fingerprint density at radius 3 is 2.42 bits per heavy atom. The van der Waals surface area contributed by atoms with Crippen LogP contribution in [0.25, 0.3) is 0 Å². The molecule has 138 valence electrons. The van der Waals surface area contributed by atoms with Gasteiger partial charge >= 0.3 is 0 Å². The van der Waals surface area contributed by atoms with Crippen LogP contribution >= 0.6 is 11.6 Å². The third-order valence-corrected chi connectivity index (χ3v) is 5.88. The molecule has 2 aromatic carbocycles. The van der Waals surface area contributed by atoms with Crippen LogP contribution in [0.3, 0.4) is 0 Å². The number of halogens is 1. The van der Waals surface area contributed by atoms with E-state index in [1.165, 1.54) is 38.4 Å². The fourth-order valence-electron chi connectivity index (χ4n) is 2.36. The summed E-state index contributed by atoms with van der Waals surface area (Å²) in [6, 6.07) is 8.93. The number of benzene rings is 2. The normalized spacial score (nSPS) is 13.5. The van der Waals surface area contributed by atoms with Crippen LogP contribution in [0.2, 0.25) is 5.02 Å². The molecule has 7 nitrogen and oxygen atoms in total. The molecule has 0 spiro atoms. The van der Waals surface area contributed by atoms with Gasteiger partial charge in [-0.15, -0.1) is 0 Å². The zero-order valence-electron chi connectivity index (χ0n) is 14.2. The number of hydrogen-bond donors (Lipinski definition) is 1. The van der Waals surface area contributed by atoms with Gasteiger partial charge in [0.15, 0.2) is 11.5 Å². The Kier molecular flexibility index (Phi) is 5.08. The first kappa shape index (κ1) is 18.5. The highest BCUT2D eigenvalue weighted by Gasteiger charge is 2.20. The number of fused-ring (bicyclic) bond motifs is 1. The smallest absolute Gasteiger partial charge is 0.255 e. The maximum atomic E-state index is 12.5. The second kappa shape index (κ2) is 7.14. The van der Waals surface area contributed by atoms with Crippen LogP contribution in [0.1, 0.15) is 10.4 Å². The van der Waals surface area contributed by atoms with Gasteiger partial charge in [0, 0.05) is 31.8 Å². The number of hydrogen-bond acceptors (Lipinski definition) is 5. The van der Waals surface area contributed by atoms with Gasteiger partial charge in [0.05, 0.1) is 15.6 Å². The van der Waals surface area contributed by atoms with Crippen LogP contribution in [0.15, 0.2) is 41.3 Å². The summed E-state index contributed by atoms with van der Waals surface area (Å²) in [5.41, 5.74) is 0.542. The Morgan fingerprint density at radius 1 is 1.12 bits per heavy atom. The first-order valence-corrected chi connectivity index (χ1v) is 9.54. The quantitative estimate of drug-likeness (QED) is 0.858. The van der Waals surface area contributed by atoms with Crippen LogP contribution < -0.4 is 14.8 Å². The topological polar surface area (TPSA) is 84.9 Å². The molecule has 1 heterocycles. The predicted molar refractivity (Wildman–Crippen MR) is 97.7 cm³/mol.